The SMILES string of the molecule is COc1c(C)cc(-c2cn(C)nc2CN)c(C)c1C. The third kappa shape index (κ3) is 2.24. The van der Waals surface area contributed by atoms with E-state index in [1.807, 2.05) is 17.9 Å². The molecule has 0 amide bonds. The van der Waals surface area contributed by atoms with E-state index in [9.17, 15) is 0 Å². The van der Waals surface area contributed by atoms with Crippen LogP contribution in [0.3, 0.4) is 0 Å². The van der Waals surface area contributed by atoms with E-state index < -0.39 is 0 Å². The van der Waals surface area contributed by atoms with Crippen LogP contribution < -0.4 is 10.5 Å². The molecule has 0 spiro atoms. The Bertz CT molecular complexity index is 614. The average Bonchev–Trinajstić information content (AvgIpc) is 2.75. The van der Waals surface area contributed by atoms with Crippen LogP contribution in [0.1, 0.15) is 22.4 Å². The van der Waals surface area contributed by atoms with Gasteiger partial charge in [-0.05, 0) is 49.1 Å². The summed E-state index contributed by atoms with van der Waals surface area (Å²) in [5.74, 6) is 0.958. The van der Waals surface area contributed by atoms with Gasteiger partial charge in [-0.25, -0.2) is 0 Å². The van der Waals surface area contributed by atoms with Crippen molar-refractivity contribution in [2.75, 3.05) is 7.11 Å². The summed E-state index contributed by atoms with van der Waals surface area (Å²) in [4.78, 5) is 0. The van der Waals surface area contributed by atoms with E-state index in [2.05, 4.69) is 31.9 Å². The second-order valence-corrected chi connectivity index (χ2v) is 4.89. The Morgan fingerprint density at radius 3 is 2.47 bits per heavy atom. The van der Waals surface area contributed by atoms with E-state index in [0.29, 0.717) is 6.54 Å². The first-order valence-electron chi connectivity index (χ1n) is 6.37. The minimum Gasteiger partial charge on any atom is -0.496 e. The Kier molecular flexibility index (Phi) is 3.62. The molecule has 0 aliphatic carbocycles. The highest BCUT2D eigenvalue weighted by molar-refractivity contribution is 5.73. The summed E-state index contributed by atoms with van der Waals surface area (Å²) < 4.78 is 7.28. The Morgan fingerprint density at radius 1 is 1.21 bits per heavy atom. The normalized spacial score (nSPS) is 10.8. The fourth-order valence-corrected chi connectivity index (χ4v) is 2.56. The minimum absolute atomic E-state index is 0.444. The number of aromatic nitrogens is 2. The third-order valence-corrected chi connectivity index (χ3v) is 3.62. The molecule has 0 aliphatic rings. The first kappa shape index (κ1) is 13.6. The van der Waals surface area contributed by atoms with E-state index >= 15 is 0 Å². The third-order valence-electron chi connectivity index (χ3n) is 3.62. The average molecular weight is 259 g/mol. The van der Waals surface area contributed by atoms with Crippen LogP contribution in [0.2, 0.25) is 0 Å². The standard InChI is InChI=1S/C15H21N3O/c1-9-6-12(10(2)11(3)15(9)19-5)13-8-18(4)17-14(13)7-16/h6,8H,7,16H2,1-5H3. The highest BCUT2D eigenvalue weighted by Crippen LogP contribution is 2.35. The van der Waals surface area contributed by atoms with Gasteiger partial charge in [-0.2, -0.15) is 5.10 Å². The molecule has 1 aromatic carbocycles. The Morgan fingerprint density at radius 2 is 1.89 bits per heavy atom. The molecule has 1 heterocycles. The van der Waals surface area contributed by atoms with Gasteiger partial charge in [-0.1, -0.05) is 0 Å². The zero-order valence-corrected chi connectivity index (χ0v) is 12.2. The molecule has 2 N–H and O–H groups in total. The summed E-state index contributed by atoms with van der Waals surface area (Å²) in [5.41, 5.74) is 12.5. The zero-order chi connectivity index (χ0) is 14.2. The molecular formula is C15H21N3O. The maximum Gasteiger partial charge on any atom is 0.124 e. The summed E-state index contributed by atoms with van der Waals surface area (Å²) in [6.07, 6.45) is 2.02. The Hall–Kier alpha value is -1.81. The van der Waals surface area contributed by atoms with E-state index in [0.717, 1.165) is 22.6 Å². The lowest BCUT2D eigenvalue weighted by molar-refractivity contribution is 0.408. The molecular weight excluding hydrogens is 238 g/mol. The van der Waals surface area contributed by atoms with Crippen molar-refractivity contribution in [3.05, 3.63) is 34.6 Å². The lowest BCUT2D eigenvalue weighted by Gasteiger charge is -2.15. The fraction of sp³-hybridized carbons (Fsp3) is 0.400. The molecule has 0 saturated carbocycles. The van der Waals surface area contributed by atoms with Crippen molar-refractivity contribution in [2.24, 2.45) is 12.8 Å². The van der Waals surface area contributed by atoms with Gasteiger partial charge in [0.05, 0.1) is 12.8 Å². The Balaban J connectivity index is 2.69. The van der Waals surface area contributed by atoms with Gasteiger partial charge >= 0.3 is 0 Å². The Labute approximate surface area is 114 Å². The highest BCUT2D eigenvalue weighted by Gasteiger charge is 2.16. The zero-order valence-electron chi connectivity index (χ0n) is 12.2. The first-order valence-corrected chi connectivity index (χ1v) is 6.37. The van der Waals surface area contributed by atoms with Gasteiger partial charge in [0, 0.05) is 25.4 Å². The number of rotatable bonds is 3. The van der Waals surface area contributed by atoms with Crippen molar-refractivity contribution in [1.29, 1.82) is 0 Å². The molecule has 4 heteroatoms. The monoisotopic (exact) mass is 259 g/mol. The predicted octanol–water partition coefficient (Wildman–Crippen LogP) is 2.48. The van der Waals surface area contributed by atoms with Crippen molar-refractivity contribution in [1.82, 2.24) is 9.78 Å². The predicted molar refractivity (Wildman–Crippen MR) is 77.3 cm³/mol. The number of ether oxygens (including phenoxy) is 1. The summed E-state index contributed by atoms with van der Waals surface area (Å²) >= 11 is 0. The van der Waals surface area contributed by atoms with Gasteiger partial charge in [0.2, 0.25) is 0 Å². The molecule has 0 bridgehead atoms. The summed E-state index contributed by atoms with van der Waals surface area (Å²) in [5, 5.41) is 4.41. The first-order chi connectivity index (χ1) is 8.99. The maximum absolute atomic E-state index is 5.78. The van der Waals surface area contributed by atoms with Crippen LogP contribution in [-0.4, -0.2) is 16.9 Å². The van der Waals surface area contributed by atoms with Gasteiger partial charge in [-0.15, -0.1) is 0 Å². The molecule has 0 radical (unpaired) electrons. The molecule has 2 rings (SSSR count). The highest BCUT2D eigenvalue weighted by atomic mass is 16.5. The molecule has 0 aliphatic heterocycles. The quantitative estimate of drug-likeness (QED) is 0.921. The van der Waals surface area contributed by atoms with Crippen molar-refractivity contribution in [2.45, 2.75) is 27.3 Å². The molecule has 2 aromatic rings. The summed E-state index contributed by atoms with van der Waals surface area (Å²) in [7, 11) is 3.63. The van der Waals surface area contributed by atoms with Crippen LogP contribution in [0.5, 0.6) is 5.75 Å². The topological polar surface area (TPSA) is 53.1 Å². The maximum atomic E-state index is 5.78. The van der Waals surface area contributed by atoms with Crippen LogP contribution in [0.4, 0.5) is 0 Å². The van der Waals surface area contributed by atoms with Crippen molar-refractivity contribution < 1.29 is 4.74 Å². The van der Waals surface area contributed by atoms with Crippen molar-refractivity contribution in [3.8, 4) is 16.9 Å². The van der Waals surface area contributed by atoms with Crippen LogP contribution in [0.15, 0.2) is 12.3 Å². The summed E-state index contributed by atoms with van der Waals surface area (Å²) in [6.45, 7) is 6.70. The molecule has 102 valence electrons. The van der Waals surface area contributed by atoms with E-state index in [-0.39, 0.29) is 0 Å². The molecule has 19 heavy (non-hydrogen) atoms. The van der Waals surface area contributed by atoms with Gasteiger partial charge in [0.1, 0.15) is 5.75 Å². The molecule has 0 unspecified atom stereocenters. The number of aryl methyl sites for hydroxylation is 2. The number of benzene rings is 1. The number of methoxy groups -OCH3 is 1. The minimum atomic E-state index is 0.444. The molecule has 1 aromatic heterocycles. The smallest absolute Gasteiger partial charge is 0.124 e. The molecule has 0 saturated heterocycles. The van der Waals surface area contributed by atoms with Gasteiger partial charge in [0.25, 0.3) is 0 Å². The van der Waals surface area contributed by atoms with Crippen LogP contribution in [0, 0.1) is 20.8 Å². The van der Waals surface area contributed by atoms with Gasteiger partial charge in [-0.3, -0.25) is 4.68 Å². The number of hydrogen-bond donors (Lipinski definition) is 1. The van der Waals surface area contributed by atoms with Crippen molar-refractivity contribution >= 4 is 0 Å². The van der Waals surface area contributed by atoms with E-state index in [1.54, 1.807) is 7.11 Å². The number of nitrogens with two attached hydrogens (primary N) is 1. The van der Waals surface area contributed by atoms with E-state index in [1.165, 1.54) is 16.7 Å². The van der Waals surface area contributed by atoms with Crippen LogP contribution in [-0.2, 0) is 13.6 Å². The summed E-state index contributed by atoms with van der Waals surface area (Å²) in [6, 6.07) is 2.15. The largest absolute Gasteiger partial charge is 0.496 e. The van der Waals surface area contributed by atoms with Gasteiger partial charge in [0.15, 0.2) is 0 Å². The molecule has 0 atom stereocenters. The second kappa shape index (κ2) is 5.05. The van der Waals surface area contributed by atoms with E-state index in [4.69, 9.17) is 10.5 Å². The molecule has 4 nitrogen and oxygen atoms in total. The van der Waals surface area contributed by atoms with Crippen LogP contribution >= 0.6 is 0 Å². The van der Waals surface area contributed by atoms with Crippen molar-refractivity contribution in [3.63, 3.8) is 0 Å². The second-order valence-electron chi connectivity index (χ2n) is 4.89. The lowest BCUT2D eigenvalue weighted by Crippen LogP contribution is -2.01. The fourth-order valence-electron chi connectivity index (χ4n) is 2.56. The lowest BCUT2D eigenvalue weighted by atomic mass is 9.94. The van der Waals surface area contributed by atoms with Gasteiger partial charge < -0.3 is 10.5 Å². The molecule has 0 fully saturated rings. The van der Waals surface area contributed by atoms with Crippen LogP contribution in [0.25, 0.3) is 11.1 Å². The number of nitrogens with zero attached hydrogens (tertiary/aromatic N) is 2. The number of hydrogen-bond acceptors (Lipinski definition) is 3.